The molecule has 2 fully saturated rings. The van der Waals surface area contributed by atoms with Crippen LogP contribution in [-0.2, 0) is 27.3 Å². The van der Waals surface area contributed by atoms with Gasteiger partial charge in [-0.1, -0.05) is 60.8 Å². The van der Waals surface area contributed by atoms with Crippen LogP contribution in [0.25, 0.3) is 11.0 Å². The quantitative estimate of drug-likeness (QED) is 0.188. The fourth-order valence-corrected chi connectivity index (χ4v) is 6.99. The molecule has 2 aliphatic carbocycles. The summed E-state index contributed by atoms with van der Waals surface area (Å²) in [6, 6.07) is 20.3. The third-order valence-electron chi connectivity index (χ3n) is 8.83. The highest BCUT2D eigenvalue weighted by Crippen LogP contribution is 2.51. The van der Waals surface area contributed by atoms with Crippen LogP contribution < -0.4 is 10.6 Å². The zero-order valence-electron chi connectivity index (χ0n) is 23.5. The molecule has 4 aromatic rings. The van der Waals surface area contributed by atoms with E-state index in [0.29, 0.717) is 22.7 Å². The summed E-state index contributed by atoms with van der Waals surface area (Å²) < 4.78 is 5.89. The fourth-order valence-electron chi connectivity index (χ4n) is 6.81. The van der Waals surface area contributed by atoms with E-state index in [0.717, 1.165) is 30.2 Å². The summed E-state index contributed by atoms with van der Waals surface area (Å²) in [4.78, 5) is 58.5. The summed E-state index contributed by atoms with van der Waals surface area (Å²) in [5.74, 6) is -2.88. The highest BCUT2D eigenvalue weighted by atomic mass is 35.5. The summed E-state index contributed by atoms with van der Waals surface area (Å²) >= 11 is 6.13. The Labute approximate surface area is 254 Å². The smallest absolute Gasteiger partial charge is 0.289 e. The van der Waals surface area contributed by atoms with Gasteiger partial charge in [0.25, 0.3) is 5.91 Å². The van der Waals surface area contributed by atoms with Crippen LogP contribution in [0.3, 0.4) is 0 Å². The van der Waals surface area contributed by atoms with Gasteiger partial charge in [-0.2, -0.15) is 0 Å². The van der Waals surface area contributed by atoms with E-state index in [1.165, 1.54) is 0 Å². The van der Waals surface area contributed by atoms with Crippen LogP contribution in [0.5, 0.6) is 0 Å². The van der Waals surface area contributed by atoms with Crippen LogP contribution >= 0.6 is 11.6 Å². The minimum Gasteiger partial charge on any atom is -0.453 e. The second kappa shape index (κ2) is 12.5. The van der Waals surface area contributed by atoms with E-state index in [1.807, 2.05) is 30.3 Å². The SMILES string of the molecule is O=C(NCc1ccccn1)C(=O)[C@@H](Cc1ccccc1)NC(=O)[C@H]1C(C(=O)c2cc3cc(Cl)ccc3o2)C[C@@H]2CCC[C@@H]21. The van der Waals surface area contributed by atoms with Gasteiger partial charge < -0.3 is 15.1 Å². The molecule has 6 rings (SSSR count). The number of ketones is 2. The van der Waals surface area contributed by atoms with Crippen molar-refractivity contribution in [2.24, 2.45) is 23.7 Å². The molecule has 2 heterocycles. The number of halogens is 1. The van der Waals surface area contributed by atoms with E-state index in [-0.39, 0.29) is 42.3 Å². The fraction of sp³-hybridized carbons (Fsp3) is 0.324. The molecular formula is C34H32ClN3O5. The summed E-state index contributed by atoms with van der Waals surface area (Å²) in [7, 11) is 0. The van der Waals surface area contributed by atoms with Gasteiger partial charge in [0.05, 0.1) is 18.2 Å². The third kappa shape index (κ3) is 6.25. The maximum Gasteiger partial charge on any atom is 0.289 e. The number of rotatable bonds is 10. The van der Waals surface area contributed by atoms with Crippen molar-refractivity contribution in [2.75, 3.05) is 0 Å². The highest BCUT2D eigenvalue weighted by molar-refractivity contribution is 6.38. The number of fused-ring (bicyclic) bond motifs is 2. The number of carbonyl (C=O) groups is 4. The lowest BCUT2D eigenvalue weighted by atomic mass is 9.83. The molecule has 2 amide bonds. The van der Waals surface area contributed by atoms with Gasteiger partial charge in [0.1, 0.15) is 11.6 Å². The standard InChI is InChI=1S/C34H32ClN3O5/c35-23-12-13-28-22(16-23)18-29(43-28)31(39)26-17-21-9-6-11-25(21)30(26)33(41)38-27(15-20-7-2-1-3-8-20)32(40)34(42)37-19-24-10-4-5-14-36-24/h1-5,7-8,10,12-14,16,18,21,25-27,30H,6,9,11,15,17,19H2,(H,37,42)(H,38,41)/t21-,25-,26?,27+,30+/m0/s1. The molecule has 43 heavy (non-hydrogen) atoms. The number of carbonyl (C=O) groups excluding carboxylic acids is 4. The zero-order valence-corrected chi connectivity index (χ0v) is 24.3. The molecule has 9 heteroatoms. The number of hydrogen-bond acceptors (Lipinski definition) is 6. The molecule has 0 radical (unpaired) electrons. The molecule has 0 saturated heterocycles. The first kappa shape index (κ1) is 28.8. The summed E-state index contributed by atoms with van der Waals surface area (Å²) in [6.07, 6.45) is 5.12. The first-order valence-corrected chi connectivity index (χ1v) is 15.0. The summed E-state index contributed by atoms with van der Waals surface area (Å²) in [5.41, 5.74) is 1.97. The average molecular weight is 598 g/mol. The Hall–Kier alpha value is -4.30. The molecule has 0 spiro atoms. The number of amides is 2. The van der Waals surface area contributed by atoms with E-state index in [1.54, 1.807) is 48.7 Å². The van der Waals surface area contributed by atoms with Crippen molar-refractivity contribution >= 4 is 46.0 Å². The maximum atomic E-state index is 14.1. The van der Waals surface area contributed by atoms with Gasteiger partial charge in [0.2, 0.25) is 17.5 Å². The molecule has 220 valence electrons. The van der Waals surface area contributed by atoms with E-state index >= 15 is 0 Å². The van der Waals surface area contributed by atoms with Gasteiger partial charge in [0, 0.05) is 28.9 Å². The molecular weight excluding hydrogens is 566 g/mol. The minimum absolute atomic E-state index is 0.0261. The third-order valence-corrected chi connectivity index (χ3v) is 9.06. The summed E-state index contributed by atoms with van der Waals surface area (Å²) in [6.45, 7) is 0.0864. The van der Waals surface area contributed by atoms with Crippen LogP contribution in [0.1, 0.15) is 47.5 Å². The van der Waals surface area contributed by atoms with Crippen LogP contribution in [0.4, 0.5) is 0 Å². The normalized spacial score (nSPS) is 21.7. The lowest BCUT2D eigenvalue weighted by Gasteiger charge is -2.25. The largest absolute Gasteiger partial charge is 0.453 e. The number of nitrogens with zero attached hydrogens (tertiary/aromatic N) is 1. The summed E-state index contributed by atoms with van der Waals surface area (Å²) in [5, 5.41) is 6.80. The maximum absolute atomic E-state index is 14.1. The van der Waals surface area contributed by atoms with E-state index in [9.17, 15) is 19.2 Å². The molecule has 5 atom stereocenters. The number of Topliss-reactive ketones (excluding diaryl/α,β-unsaturated/α-hetero) is 2. The predicted molar refractivity (Wildman–Crippen MR) is 161 cm³/mol. The molecule has 2 aliphatic rings. The van der Waals surface area contributed by atoms with Crippen LogP contribution in [0.15, 0.2) is 83.4 Å². The van der Waals surface area contributed by atoms with Crippen molar-refractivity contribution < 1.29 is 23.6 Å². The van der Waals surface area contributed by atoms with Crippen molar-refractivity contribution in [3.05, 3.63) is 101 Å². The number of nitrogens with one attached hydrogen (secondary N) is 2. The Morgan fingerprint density at radius 2 is 1.79 bits per heavy atom. The molecule has 0 aliphatic heterocycles. The monoisotopic (exact) mass is 597 g/mol. The number of furan rings is 1. The van der Waals surface area contributed by atoms with Crippen LogP contribution in [0.2, 0.25) is 5.02 Å². The van der Waals surface area contributed by atoms with Crippen molar-refractivity contribution in [2.45, 2.75) is 44.7 Å². The molecule has 8 nitrogen and oxygen atoms in total. The van der Waals surface area contributed by atoms with Gasteiger partial charge in [-0.25, -0.2) is 0 Å². The van der Waals surface area contributed by atoms with Crippen LogP contribution in [-0.4, -0.2) is 34.4 Å². The molecule has 1 unspecified atom stereocenters. The van der Waals surface area contributed by atoms with E-state index in [4.69, 9.17) is 16.0 Å². The van der Waals surface area contributed by atoms with Gasteiger partial charge in [0.15, 0.2) is 5.76 Å². The van der Waals surface area contributed by atoms with Crippen LogP contribution in [0, 0.1) is 23.7 Å². The number of aromatic nitrogens is 1. The Kier molecular flexibility index (Phi) is 8.38. The first-order chi connectivity index (χ1) is 20.9. The van der Waals surface area contributed by atoms with Gasteiger partial charge >= 0.3 is 0 Å². The van der Waals surface area contributed by atoms with Gasteiger partial charge in [-0.15, -0.1) is 0 Å². The molecule has 2 aromatic heterocycles. The number of pyridine rings is 1. The Morgan fingerprint density at radius 3 is 2.58 bits per heavy atom. The van der Waals surface area contributed by atoms with E-state index in [2.05, 4.69) is 15.6 Å². The lowest BCUT2D eigenvalue weighted by molar-refractivity contribution is -0.140. The number of benzene rings is 2. The van der Waals surface area contributed by atoms with Gasteiger partial charge in [-0.3, -0.25) is 24.2 Å². The van der Waals surface area contributed by atoms with E-state index < -0.39 is 29.6 Å². The lowest BCUT2D eigenvalue weighted by Crippen LogP contribution is -2.51. The molecule has 2 aromatic carbocycles. The minimum atomic E-state index is -1.09. The first-order valence-electron chi connectivity index (χ1n) is 14.7. The molecule has 2 saturated carbocycles. The zero-order chi connectivity index (χ0) is 29.9. The second-order valence-corrected chi connectivity index (χ2v) is 11.9. The van der Waals surface area contributed by atoms with Crippen molar-refractivity contribution in [3.8, 4) is 0 Å². The Morgan fingerprint density at radius 1 is 0.977 bits per heavy atom. The van der Waals surface area contributed by atoms with Crippen molar-refractivity contribution in [3.63, 3.8) is 0 Å². The van der Waals surface area contributed by atoms with Crippen molar-refractivity contribution in [1.29, 1.82) is 0 Å². The van der Waals surface area contributed by atoms with Crippen molar-refractivity contribution in [1.82, 2.24) is 15.6 Å². The predicted octanol–water partition coefficient (Wildman–Crippen LogP) is 5.33. The molecule has 0 bridgehead atoms. The Bertz CT molecular complexity index is 1650. The second-order valence-electron chi connectivity index (χ2n) is 11.5. The Balaban J connectivity index is 1.23. The topological polar surface area (TPSA) is 118 Å². The average Bonchev–Trinajstić information content (AvgIpc) is 3.74. The number of hydrogen-bond donors (Lipinski definition) is 2. The van der Waals surface area contributed by atoms with Gasteiger partial charge in [-0.05, 0) is 66.6 Å². The molecule has 2 N–H and O–H groups in total. The highest BCUT2D eigenvalue weighted by Gasteiger charge is 2.52.